The fraction of sp³-hybridized carbons (Fsp3) is 0.364. The van der Waals surface area contributed by atoms with E-state index in [-0.39, 0.29) is 5.91 Å². The van der Waals surface area contributed by atoms with Crippen molar-refractivity contribution in [2.24, 2.45) is 4.99 Å². The zero-order valence-electron chi connectivity index (χ0n) is 16.5. The number of guanidine groups is 1. The van der Waals surface area contributed by atoms with Gasteiger partial charge in [0.25, 0.3) is 0 Å². The van der Waals surface area contributed by atoms with E-state index in [0.29, 0.717) is 25.4 Å². The Morgan fingerprint density at radius 1 is 1.04 bits per heavy atom. The van der Waals surface area contributed by atoms with Gasteiger partial charge in [0.05, 0.1) is 0 Å². The molecule has 0 saturated heterocycles. The van der Waals surface area contributed by atoms with Crippen molar-refractivity contribution in [3.8, 4) is 0 Å². The lowest BCUT2D eigenvalue weighted by molar-refractivity contribution is -0.130. The molecule has 0 aromatic heterocycles. The highest BCUT2D eigenvalue weighted by atomic mass is 16.2. The zero-order valence-corrected chi connectivity index (χ0v) is 16.5. The first-order valence-electron chi connectivity index (χ1n) is 9.37. The van der Waals surface area contributed by atoms with Crippen molar-refractivity contribution in [2.75, 3.05) is 27.2 Å². The second-order valence-electron chi connectivity index (χ2n) is 6.68. The van der Waals surface area contributed by atoms with E-state index in [1.165, 1.54) is 5.56 Å². The van der Waals surface area contributed by atoms with E-state index in [1.54, 1.807) is 11.9 Å². The summed E-state index contributed by atoms with van der Waals surface area (Å²) in [7, 11) is 3.58. The summed E-state index contributed by atoms with van der Waals surface area (Å²) < 4.78 is 0. The highest BCUT2D eigenvalue weighted by Gasteiger charge is 2.10. The molecule has 0 heterocycles. The topological polar surface area (TPSA) is 56.7 Å². The minimum Gasteiger partial charge on any atom is -0.356 e. The zero-order chi connectivity index (χ0) is 19.5. The summed E-state index contributed by atoms with van der Waals surface area (Å²) in [5, 5.41) is 6.54. The molecule has 0 radical (unpaired) electrons. The van der Waals surface area contributed by atoms with E-state index in [2.05, 4.69) is 46.8 Å². The summed E-state index contributed by atoms with van der Waals surface area (Å²) in [4.78, 5) is 18.3. The molecule has 0 bridgehead atoms. The van der Waals surface area contributed by atoms with E-state index >= 15 is 0 Å². The van der Waals surface area contributed by atoms with Crippen LogP contribution >= 0.6 is 0 Å². The van der Waals surface area contributed by atoms with Gasteiger partial charge in [0.15, 0.2) is 5.96 Å². The summed E-state index contributed by atoms with van der Waals surface area (Å²) in [6, 6.07) is 20.4. The third-order valence-corrected chi connectivity index (χ3v) is 4.49. The first-order valence-corrected chi connectivity index (χ1v) is 9.37. The highest BCUT2D eigenvalue weighted by molar-refractivity contribution is 5.81. The molecular weight excluding hydrogens is 336 g/mol. The van der Waals surface area contributed by atoms with Crippen LogP contribution in [0.4, 0.5) is 0 Å². The number of nitrogens with zero attached hydrogens (tertiary/aromatic N) is 2. The Morgan fingerprint density at radius 2 is 1.67 bits per heavy atom. The van der Waals surface area contributed by atoms with Crippen molar-refractivity contribution in [1.82, 2.24) is 15.5 Å². The molecule has 0 aliphatic heterocycles. The molecule has 144 valence electrons. The number of carbonyl (C=O) groups excluding carboxylic acids is 1. The predicted molar refractivity (Wildman–Crippen MR) is 112 cm³/mol. The second-order valence-corrected chi connectivity index (χ2v) is 6.68. The predicted octanol–water partition coefficient (Wildman–Crippen LogP) is 3.00. The van der Waals surface area contributed by atoms with Crippen molar-refractivity contribution in [1.29, 1.82) is 0 Å². The first kappa shape index (κ1) is 20.5. The molecule has 1 atom stereocenters. The number of hydrogen-bond acceptors (Lipinski definition) is 2. The van der Waals surface area contributed by atoms with Crippen LogP contribution in [0, 0.1) is 0 Å². The van der Waals surface area contributed by atoms with E-state index in [1.807, 2.05) is 43.4 Å². The van der Waals surface area contributed by atoms with Crippen molar-refractivity contribution >= 4 is 11.9 Å². The smallest absolute Gasteiger partial charge is 0.224 e. The largest absolute Gasteiger partial charge is 0.356 e. The molecule has 1 unspecified atom stereocenters. The Labute approximate surface area is 162 Å². The van der Waals surface area contributed by atoms with Gasteiger partial charge < -0.3 is 15.5 Å². The molecule has 1 amide bonds. The number of rotatable bonds is 8. The van der Waals surface area contributed by atoms with Crippen LogP contribution in [0.15, 0.2) is 65.7 Å². The van der Waals surface area contributed by atoms with Crippen LogP contribution in [0.25, 0.3) is 0 Å². The standard InChI is InChI=1S/C22H30N4O/c1-18(20-12-8-5-9-13-20)16-25-22(23-2)24-15-14-21(27)26(3)17-19-10-6-4-7-11-19/h4-13,18H,14-17H2,1-3H3,(H2,23,24,25). The van der Waals surface area contributed by atoms with Crippen molar-refractivity contribution in [3.63, 3.8) is 0 Å². The summed E-state index contributed by atoms with van der Waals surface area (Å²) in [5.41, 5.74) is 2.42. The van der Waals surface area contributed by atoms with Gasteiger partial charge in [-0.3, -0.25) is 9.79 Å². The number of hydrogen-bond donors (Lipinski definition) is 2. The van der Waals surface area contributed by atoms with E-state index in [4.69, 9.17) is 0 Å². The maximum atomic E-state index is 12.3. The number of amides is 1. The van der Waals surface area contributed by atoms with Crippen molar-refractivity contribution in [3.05, 3.63) is 71.8 Å². The van der Waals surface area contributed by atoms with Gasteiger partial charge in [-0.25, -0.2) is 0 Å². The molecule has 5 nitrogen and oxygen atoms in total. The fourth-order valence-electron chi connectivity index (χ4n) is 2.79. The van der Waals surface area contributed by atoms with Gasteiger partial charge in [-0.2, -0.15) is 0 Å². The van der Waals surface area contributed by atoms with Crippen LogP contribution in [-0.2, 0) is 11.3 Å². The monoisotopic (exact) mass is 366 g/mol. The Hall–Kier alpha value is -2.82. The minimum atomic E-state index is 0.111. The maximum absolute atomic E-state index is 12.3. The molecule has 0 fully saturated rings. The van der Waals surface area contributed by atoms with Crippen LogP contribution < -0.4 is 10.6 Å². The lowest BCUT2D eigenvalue weighted by Gasteiger charge is -2.19. The Morgan fingerprint density at radius 3 is 2.30 bits per heavy atom. The highest BCUT2D eigenvalue weighted by Crippen LogP contribution is 2.12. The minimum absolute atomic E-state index is 0.111. The number of nitrogens with one attached hydrogen (secondary N) is 2. The molecule has 0 aliphatic carbocycles. The second kappa shape index (κ2) is 11.0. The van der Waals surface area contributed by atoms with Gasteiger partial charge in [-0.15, -0.1) is 0 Å². The molecule has 27 heavy (non-hydrogen) atoms. The van der Waals surface area contributed by atoms with E-state index < -0.39 is 0 Å². The molecule has 2 rings (SSSR count). The fourth-order valence-corrected chi connectivity index (χ4v) is 2.79. The summed E-state index contributed by atoms with van der Waals surface area (Å²) in [5.74, 6) is 1.21. The van der Waals surface area contributed by atoms with Crippen molar-refractivity contribution in [2.45, 2.75) is 25.8 Å². The first-order chi connectivity index (χ1) is 13.1. The van der Waals surface area contributed by atoms with Gasteiger partial charge >= 0.3 is 0 Å². The van der Waals surface area contributed by atoms with Crippen LogP contribution in [0.1, 0.15) is 30.4 Å². The molecule has 2 aromatic carbocycles. The maximum Gasteiger partial charge on any atom is 0.224 e. The Bertz CT molecular complexity index is 716. The lowest BCUT2D eigenvalue weighted by atomic mass is 10.0. The number of carbonyl (C=O) groups is 1. The van der Waals surface area contributed by atoms with E-state index in [9.17, 15) is 4.79 Å². The molecule has 0 aliphatic rings. The normalized spacial score (nSPS) is 12.3. The van der Waals surface area contributed by atoms with Crippen LogP contribution in [0.5, 0.6) is 0 Å². The van der Waals surface area contributed by atoms with Crippen LogP contribution in [0.2, 0.25) is 0 Å². The third kappa shape index (κ3) is 7.13. The molecule has 0 saturated carbocycles. The van der Waals surface area contributed by atoms with E-state index in [0.717, 1.165) is 18.1 Å². The van der Waals surface area contributed by atoms with Gasteiger partial charge in [0.2, 0.25) is 5.91 Å². The van der Waals surface area contributed by atoms with Gasteiger partial charge in [0.1, 0.15) is 0 Å². The van der Waals surface area contributed by atoms with Crippen LogP contribution in [0.3, 0.4) is 0 Å². The average molecular weight is 367 g/mol. The molecule has 2 aromatic rings. The average Bonchev–Trinajstić information content (AvgIpc) is 2.71. The number of benzene rings is 2. The molecule has 5 heteroatoms. The summed E-state index contributed by atoms with van der Waals surface area (Å²) >= 11 is 0. The van der Waals surface area contributed by atoms with Gasteiger partial charge in [0, 0.05) is 40.2 Å². The molecule has 2 N–H and O–H groups in total. The van der Waals surface area contributed by atoms with Crippen LogP contribution in [-0.4, -0.2) is 44.0 Å². The third-order valence-electron chi connectivity index (χ3n) is 4.49. The van der Waals surface area contributed by atoms with Gasteiger partial charge in [-0.1, -0.05) is 67.6 Å². The molecule has 0 spiro atoms. The number of aliphatic imine (C=N–C) groups is 1. The molecular formula is C22H30N4O. The summed E-state index contributed by atoms with van der Waals surface area (Å²) in [6.45, 7) is 4.14. The Kier molecular flexibility index (Phi) is 8.36. The lowest BCUT2D eigenvalue weighted by Crippen LogP contribution is -2.40. The quantitative estimate of drug-likeness (QED) is 0.558. The Balaban J connectivity index is 1.70. The SMILES string of the molecule is CN=C(NCCC(=O)N(C)Cc1ccccc1)NCC(C)c1ccccc1. The van der Waals surface area contributed by atoms with Crippen molar-refractivity contribution < 1.29 is 4.79 Å². The van der Waals surface area contributed by atoms with Gasteiger partial charge in [-0.05, 0) is 17.0 Å². The summed E-state index contributed by atoms with van der Waals surface area (Å²) in [6.07, 6.45) is 0.429.